The second-order valence-corrected chi connectivity index (χ2v) is 5.47. The molecule has 0 radical (unpaired) electrons. The number of nitrogens with one attached hydrogen (secondary N) is 1. The van der Waals surface area contributed by atoms with Crippen LogP contribution in [0.15, 0.2) is 18.2 Å². The van der Waals surface area contributed by atoms with Crippen molar-refractivity contribution in [3.8, 4) is 0 Å². The fraction of sp³-hybridized carbons (Fsp3) is 0.600. The summed E-state index contributed by atoms with van der Waals surface area (Å²) in [6.45, 7) is 7.10. The minimum Gasteiger partial charge on any atom is -0.370 e. The van der Waals surface area contributed by atoms with Crippen molar-refractivity contribution in [3.05, 3.63) is 33.9 Å². The maximum atomic E-state index is 11.0. The molecule has 1 unspecified atom stereocenters. The van der Waals surface area contributed by atoms with Crippen LogP contribution in [0.2, 0.25) is 0 Å². The van der Waals surface area contributed by atoms with Gasteiger partial charge in [0.15, 0.2) is 0 Å². The molecule has 1 fully saturated rings. The first-order valence-electron chi connectivity index (χ1n) is 7.35. The fourth-order valence-electron chi connectivity index (χ4n) is 2.81. The van der Waals surface area contributed by atoms with E-state index in [0.29, 0.717) is 6.04 Å². The average Bonchev–Trinajstić information content (AvgIpc) is 2.91. The maximum Gasteiger partial charge on any atom is 0.271 e. The van der Waals surface area contributed by atoms with E-state index < -0.39 is 0 Å². The molecule has 0 aromatic heterocycles. The van der Waals surface area contributed by atoms with Gasteiger partial charge in [0.25, 0.3) is 5.69 Å². The second-order valence-electron chi connectivity index (χ2n) is 5.47. The normalized spacial score (nSPS) is 18.2. The zero-order valence-electron chi connectivity index (χ0n) is 12.3. The number of nitrogens with zero attached hydrogens (tertiary/aromatic N) is 2. The van der Waals surface area contributed by atoms with E-state index in [1.54, 1.807) is 12.1 Å². The number of rotatable bonds is 6. The second kappa shape index (κ2) is 6.70. The summed E-state index contributed by atoms with van der Waals surface area (Å²) in [5.41, 5.74) is 2.27. The summed E-state index contributed by atoms with van der Waals surface area (Å²) in [7, 11) is 0. The highest BCUT2D eigenvalue weighted by molar-refractivity contribution is 5.58. The minimum absolute atomic E-state index is 0.172. The van der Waals surface area contributed by atoms with Crippen LogP contribution in [0, 0.1) is 17.0 Å². The number of benzene rings is 1. The Morgan fingerprint density at radius 1 is 1.50 bits per heavy atom. The first-order chi connectivity index (χ1) is 9.61. The van der Waals surface area contributed by atoms with E-state index in [1.165, 1.54) is 12.8 Å². The van der Waals surface area contributed by atoms with Gasteiger partial charge in [-0.05, 0) is 38.3 Å². The SMILES string of the molecule is CCCN(CC1CCCN1)c1cc([N+](=O)[O-])ccc1C. The molecule has 5 heteroatoms. The van der Waals surface area contributed by atoms with Crippen LogP contribution in [0.3, 0.4) is 0 Å². The van der Waals surface area contributed by atoms with Crippen molar-refractivity contribution in [1.82, 2.24) is 5.32 Å². The number of non-ortho nitro benzene ring substituents is 1. The molecular weight excluding hydrogens is 254 g/mol. The van der Waals surface area contributed by atoms with Crippen LogP contribution in [0.1, 0.15) is 31.7 Å². The van der Waals surface area contributed by atoms with Crippen molar-refractivity contribution < 1.29 is 4.92 Å². The Morgan fingerprint density at radius 3 is 2.90 bits per heavy atom. The van der Waals surface area contributed by atoms with Gasteiger partial charge >= 0.3 is 0 Å². The van der Waals surface area contributed by atoms with Crippen LogP contribution < -0.4 is 10.2 Å². The molecule has 2 rings (SSSR count). The number of hydrogen-bond acceptors (Lipinski definition) is 4. The molecule has 0 saturated carbocycles. The quantitative estimate of drug-likeness (QED) is 0.641. The number of anilines is 1. The van der Waals surface area contributed by atoms with Crippen molar-refractivity contribution in [3.63, 3.8) is 0 Å². The summed E-state index contributed by atoms with van der Waals surface area (Å²) in [6, 6.07) is 5.63. The van der Waals surface area contributed by atoms with E-state index in [-0.39, 0.29) is 10.6 Å². The van der Waals surface area contributed by atoms with Crippen LogP contribution in [0.5, 0.6) is 0 Å². The van der Waals surface area contributed by atoms with E-state index >= 15 is 0 Å². The van der Waals surface area contributed by atoms with Gasteiger partial charge in [-0.15, -0.1) is 0 Å². The molecule has 0 bridgehead atoms. The van der Waals surface area contributed by atoms with Gasteiger partial charge in [-0.3, -0.25) is 10.1 Å². The van der Waals surface area contributed by atoms with Crippen LogP contribution in [-0.2, 0) is 0 Å². The highest BCUT2D eigenvalue weighted by Crippen LogP contribution is 2.26. The first-order valence-corrected chi connectivity index (χ1v) is 7.35. The first kappa shape index (κ1) is 14.8. The third-order valence-electron chi connectivity index (χ3n) is 3.84. The monoisotopic (exact) mass is 277 g/mol. The Morgan fingerprint density at radius 2 is 2.30 bits per heavy atom. The molecule has 1 atom stereocenters. The average molecular weight is 277 g/mol. The molecule has 1 N–H and O–H groups in total. The van der Waals surface area contributed by atoms with E-state index in [4.69, 9.17) is 0 Å². The number of hydrogen-bond donors (Lipinski definition) is 1. The standard InChI is InChI=1S/C15H23N3O2/c1-3-9-17(11-13-5-4-8-16-13)15-10-14(18(19)20)7-6-12(15)2/h6-7,10,13,16H,3-5,8-9,11H2,1-2H3. The van der Waals surface area contributed by atoms with Crippen LogP contribution in [-0.4, -0.2) is 30.6 Å². The van der Waals surface area contributed by atoms with E-state index in [0.717, 1.165) is 37.3 Å². The predicted molar refractivity (Wildman–Crippen MR) is 81.4 cm³/mol. The highest BCUT2D eigenvalue weighted by Gasteiger charge is 2.20. The number of aryl methyl sites for hydroxylation is 1. The maximum absolute atomic E-state index is 11.0. The van der Waals surface area contributed by atoms with E-state index in [1.807, 2.05) is 13.0 Å². The Hall–Kier alpha value is -1.62. The van der Waals surface area contributed by atoms with Crippen molar-refractivity contribution in [2.45, 2.75) is 39.2 Å². The summed E-state index contributed by atoms with van der Waals surface area (Å²) in [5, 5.41) is 14.5. The molecule has 5 nitrogen and oxygen atoms in total. The molecule has 0 aliphatic carbocycles. The van der Waals surface area contributed by atoms with Gasteiger partial charge in [0.2, 0.25) is 0 Å². The number of nitro benzene ring substituents is 1. The van der Waals surface area contributed by atoms with Gasteiger partial charge in [0, 0.05) is 37.0 Å². The molecule has 1 heterocycles. The molecule has 1 aliphatic rings. The van der Waals surface area contributed by atoms with Crippen LogP contribution in [0.4, 0.5) is 11.4 Å². The minimum atomic E-state index is -0.319. The Labute approximate surface area is 120 Å². The Balaban J connectivity index is 2.22. The third-order valence-corrected chi connectivity index (χ3v) is 3.84. The molecule has 20 heavy (non-hydrogen) atoms. The highest BCUT2D eigenvalue weighted by atomic mass is 16.6. The molecule has 110 valence electrons. The molecule has 1 aliphatic heterocycles. The zero-order valence-corrected chi connectivity index (χ0v) is 12.3. The molecule has 1 saturated heterocycles. The smallest absolute Gasteiger partial charge is 0.271 e. The Bertz CT molecular complexity index is 470. The summed E-state index contributed by atoms with van der Waals surface area (Å²) >= 11 is 0. The predicted octanol–water partition coefficient (Wildman–Crippen LogP) is 2.87. The molecule has 1 aromatic carbocycles. The molecule has 1 aromatic rings. The van der Waals surface area contributed by atoms with Gasteiger partial charge in [0.1, 0.15) is 0 Å². The Kier molecular flexibility index (Phi) is 4.95. The van der Waals surface area contributed by atoms with Crippen LogP contribution >= 0.6 is 0 Å². The van der Waals surface area contributed by atoms with E-state index in [2.05, 4.69) is 17.1 Å². The van der Waals surface area contributed by atoms with Gasteiger partial charge in [0.05, 0.1) is 4.92 Å². The lowest BCUT2D eigenvalue weighted by molar-refractivity contribution is -0.384. The lowest BCUT2D eigenvalue weighted by atomic mass is 10.1. The van der Waals surface area contributed by atoms with E-state index in [9.17, 15) is 10.1 Å². The van der Waals surface area contributed by atoms with Gasteiger partial charge in [-0.1, -0.05) is 13.0 Å². The molecular formula is C15H23N3O2. The lowest BCUT2D eigenvalue weighted by Gasteiger charge is -2.28. The zero-order chi connectivity index (χ0) is 14.5. The summed E-state index contributed by atoms with van der Waals surface area (Å²) in [5.74, 6) is 0. The fourth-order valence-corrected chi connectivity index (χ4v) is 2.81. The van der Waals surface area contributed by atoms with Crippen LogP contribution in [0.25, 0.3) is 0 Å². The number of nitro groups is 1. The summed E-state index contributed by atoms with van der Waals surface area (Å²) in [6.07, 6.45) is 3.45. The van der Waals surface area contributed by atoms with Crippen molar-refractivity contribution >= 4 is 11.4 Å². The molecule has 0 amide bonds. The third kappa shape index (κ3) is 3.48. The van der Waals surface area contributed by atoms with Gasteiger partial charge in [-0.2, -0.15) is 0 Å². The summed E-state index contributed by atoms with van der Waals surface area (Å²) in [4.78, 5) is 12.9. The van der Waals surface area contributed by atoms with Crippen molar-refractivity contribution in [2.24, 2.45) is 0 Å². The van der Waals surface area contributed by atoms with Gasteiger partial charge < -0.3 is 10.2 Å². The van der Waals surface area contributed by atoms with Gasteiger partial charge in [-0.25, -0.2) is 0 Å². The lowest BCUT2D eigenvalue weighted by Crippen LogP contribution is -2.38. The van der Waals surface area contributed by atoms with Crippen molar-refractivity contribution in [2.75, 3.05) is 24.5 Å². The summed E-state index contributed by atoms with van der Waals surface area (Å²) < 4.78 is 0. The van der Waals surface area contributed by atoms with Crippen molar-refractivity contribution in [1.29, 1.82) is 0 Å². The topological polar surface area (TPSA) is 58.4 Å². The largest absolute Gasteiger partial charge is 0.370 e. The molecule has 0 spiro atoms.